The van der Waals surface area contributed by atoms with E-state index in [1.54, 1.807) is 31.2 Å². The van der Waals surface area contributed by atoms with Gasteiger partial charge >= 0.3 is 6.18 Å². The van der Waals surface area contributed by atoms with Crippen molar-refractivity contribution in [1.82, 2.24) is 20.2 Å². The third-order valence-corrected chi connectivity index (χ3v) is 4.07. The summed E-state index contributed by atoms with van der Waals surface area (Å²) in [6.45, 7) is 1.76. The van der Waals surface area contributed by atoms with Crippen LogP contribution in [-0.4, -0.2) is 25.1 Å². The Morgan fingerprint density at radius 1 is 0.966 bits per heavy atom. The van der Waals surface area contributed by atoms with E-state index >= 15 is 0 Å². The van der Waals surface area contributed by atoms with E-state index in [9.17, 15) is 13.2 Å². The van der Waals surface area contributed by atoms with Crippen molar-refractivity contribution in [3.8, 4) is 11.3 Å². The van der Waals surface area contributed by atoms with Gasteiger partial charge in [-0.25, -0.2) is 4.98 Å². The Morgan fingerprint density at radius 3 is 2.34 bits per heavy atom. The van der Waals surface area contributed by atoms with Crippen molar-refractivity contribution in [2.45, 2.75) is 13.1 Å². The molecule has 4 rings (SSSR count). The van der Waals surface area contributed by atoms with Crippen molar-refractivity contribution >= 4 is 45.1 Å². The highest BCUT2D eigenvalue weighted by Gasteiger charge is 2.33. The number of rotatable bonds is 3. The van der Waals surface area contributed by atoms with E-state index in [0.717, 1.165) is 11.5 Å². The van der Waals surface area contributed by atoms with Crippen molar-refractivity contribution in [1.29, 1.82) is 0 Å². The number of pyridine rings is 1. The minimum atomic E-state index is -4.47. The molecule has 9 heteroatoms. The highest BCUT2D eigenvalue weighted by atomic mass is 127. The lowest BCUT2D eigenvalue weighted by molar-refractivity contribution is -0.137. The van der Waals surface area contributed by atoms with E-state index in [1.165, 1.54) is 12.1 Å². The Balaban J connectivity index is 0.00000117. The summed E-state index contributed by atoms with van der Waals surface area (Å²) >= 11 is 2.15. The quantitative estimate of drug-likeness (QED) is 0.256. The monoisotopic (exact) mass is 511 g/mol. The van der Waals surface area contributed by atoms with Gasteiger partial charge in [0.25, 0.3) is 0 Å². The van der Waals surface area contributed by atoms with Crippen molar-refractivity contribution in [2.24, 2.45) is 0 Å². The van der Waals surface area contributed by atoms with Crippen LogP contribution in [0.1, 0.15) is 11.4 Å². The summed E-state index contributed by atoms with van der Waals surface area (Å²) in [4.78, 5) is 10.6. The number of para-hydroxylation sites is 1. The first kappa shape index (κ1) is 21.0. The molecular weight excluding hydrogens is 494 g/mol. The van der Waals surface area contributed by atoms with E-state index in [-0.39, 0.29) is 11.3 Å². The molecule has 150 valence electrons. The van der Waals surface area contributed by atoms with Crippen LogP contribution in [0.4, 0.5) is 24.8 Å². The number of halogens is 4. The number of alkyl halides is 4. The minimum Gasteiger partial charge on any atom is -0.322 e. The van der Waals surface area contributed by atoms with Crippen molar-refractivity contribution in [2.75, 3.05) is 10.2 Å². The number of nitrogens with zero attached hydrogens (tertiary/aromatic N) is 3. The summed E-state index contributed by atoms with van der Waals surface area (Å²) in [5.74, 6) is 0.956. The van der Waals surface area contributed by atoms with Crippen molar-refractivity contribution in [3.05, 3.63) is 66.0 Å². The topological polar surface area (TPSA) is 66.5 Å². The Morgan fingerprint density at radius 2 is 1.66 bits per heavy atom. The van der Waals surface area contributed by atoms with Gasteiger partial charge in [0, 0.05) is 10.9 Å². The number of H-pyrrole nitrogens is 1. The van der Waals surface area contributed by atoms with Crippen molar-refractivity contribution in [3.63, 3.8) is 0 Å². The zero-order valence-corrected chi connectivity index (χ0v) is 17.7. The largest absolute Gasteiger partial charge is 0.417 e. The Bertz CT molecular complexity index is 1120. The molecule has 0 fully saturated rings. The summed E-state index contributed by atoms with van der Waals surface area (Å²) in [6, 6.07) is 14.2. The van der Waals surface area contributed by atoms with E-state index in [1.807, 2.05) is 17.1 Å². The smallest absolute Gasteiger partial charge is 0.322 e. The molecule has 29 heavy (non-hydrogen) atoms. The average molecular weight is 511 g/mol. The lowest BCUT2D eigenvalue weighted by atomic mass is 10.0. The fraction of sp³-hybridized carbons (Fsp3) is 0.150. The normalized spacial score (nSPS) is 11.1. The highest BCUT2D eigenvalue weighted by molar-refractivity contribution is 14.1. The Labute approximate surface area is 178 Å². The predicted molar refractivity (Wildman–Crippen MR) is 117 cm³/mol. The standard InChI is InChI=1S/C19H14F3N5.CH3I/c1-11-23-18(27-26-11)25-17-10-16(24-15-9-5-3-7-13(15)17)12-6-2-4-8-14(12)19(20,21)22;1-2/h2-10H,1H3,(H2,23,24,25,26,27);1H3. The van der Waals surface area contributed by atoms with E-state index in [2.05, 4.69) is 48.1 Å². The van der Waals surface area contributed by atoms with Gasteiger partial charge in [-0.05, 0) is 30.1 Å². The molecule has 0 radical (unpaired) electrons. The highest BCUT2D eigenvalue weighted by Crippen LogP contribution is 2.38. The number of anilines is 2. The second kappa shape index (κ2) is 8.76. The van der Waals surface area contributed by atoms with Gasteiger partial charge < -0.3 is 5.32 Å². The maximum Gasteiger partial charge on any atom is 0.417 e. The molecule has 0 atom stereocenters. The van der Waals surface area contributed by atoms with Crippen LogP contribution in [0.3, 0.4) is 0 Å². The molecule has 2 heterocycles. The molecule has 2 aromatic carbocycles. The van der Waals surface area contributed by atoms with Crippen LogP contribution in [-0.2, 0) is 6.18 Å². The zero-order valence-electron chi connectivity index (χ0n) is 15.5. The van der Waals surface area contributed by atoms with Crippen molar-refractivity contribution < 1.29 is 13.2 Å². The van der Waals surface area contributed by atoms with Gasteiger partial charge in [-0.1, -0.05) is 59.0 Å². The molecule has 0 amide bonds. The van der Waals surface area contributed by atoms with E-state index < -0.39 is 11.7 Å². The van der Waals surface area contributed by atoms with Gasteiger partial charge in [0.2, 0.25) is 5.95 Å². The molecule has 0 saturated carbocycles. The number of aryl methyl sites for hydroxylation is 1. The summed E-state index contributed by atoms with van der Waals surface area (Å²) in [5, 5.41) is 10.6. The van der Waals surface area contributed by atoms with E-state index in [4.69, 9.17) is 0 Å². The van der Waals surface area contributed by atoms with Crippen LogP contribution in [0, 0.1) is 6.92 Å². The number of hydrogen-bond donors (Lipinski definition) is 2. The first-order valence-electron chi connectivity index (χ1n) is 8.52. The third kappa shape index (κ3) is 4.66. The number of aromatic nitrogens is 4. The van der Waals surface area contributed by atoms with Crippen LogP contribution < -0.4 is 5.32 Å². The van der Waals surface area contributed by atoms with Gasteiger partial charge in [-0.15, -0.1) is 5.10 Å². The Hall–Kier alpha value is -2.69. The zero-order chi connectivity index (χ0) is 21.0. The number of aromatic amines is 1. The molecule has 0 aliphatic carbocycles. The number of hydrogen-bond acceptors (Lipinski definition) is 4. The van der Waals surface area contributed by atoms with Gasteiger partial charge in [0.15, 0.2) is 0 Å². The molecular formula is C20H17F3IN5. The fourth-order valence-corrected chi connectivity index (χ4v) is 2.89. The summed E-state index contributed by atoms with van der Waals surface area (Å²) in [5.41, 5.74) is 0.655. The van der Waals surface area contributed by atoms with Gasteiger partial charge in [0.05, 0.1) is 22.5 Å². The van der Waals surface area contributed by atoms with Crippen LogP contribution >= 0.6 is 22.6 Å². The van der Waals surface area contributed by atoms with Crippen LogP contribution in [0.5, 0.6) is 0 Å². The van der Waals surface area contributed by atoms with Crippen LogP contribution in [0.2, 0.25) is 0 Å². The average Bonchev–Trinajstić information content (AvgIpc) is 3.13. The maximum atomic E-state index is 13.4. The molecule has 2 N–H and O–H groups in total. The SMILES string of the molecule is CI.Cc1nc(Nc2cc(-c3ccccc3C(F)(F)F)nc3ccccc23)n[nH]1. The first-order valence-corrected chi connectivity index (χ1v) is 10.7. The predicted octanol–water partition coefficient (Wildman–Crippen LogP) is 6.14. The second-order valence-corrected chi connectivity index (χ2v) is 5.98. The first-order chi connectivity index (χ1) is 13.9. The molecule has 0 aliphatic rings. The van der Waals surface area contributed by atoms with Crippen LogP contribution in [0.15, 0.2) is 54.6 Å². The molecule has 0 unspecified atom stereocenters. The molecule has 5 nitrogen and oxygen atoms in total. The number of nitrogens with one attached hydrogen (secondary N) is 2. The molecule has 0 saturated heterocycles. The number of benzene rings is 2. The minimum absolute atomic E-state index is 0.0185. The third-order valence-electron chi connectivity index (χ3n) is 4.07. The molecule has 2 aromatic heterocycles. The second-order valence-electron chi connectivity index (χ2n) is 5.98. The lowest BCUT2D eigenvalue weighted by Gasteiger charge is -2.14. The van der Waals surface area contributed by atoms with Crippen LogP contribution in [0.25, 0.3) is 22.2 Å². The maximum absolute atomic E-state index is 13.4. The molecule has 0 spiro atoms. The summed E-state index contributed by atoms with van der Waals surface area (Å²) < 4.78 is 40.3. The van der Waals surface area contributed by atoms with Gasteiger partial charge in [-0.2, -0.15) is 18.2 Å². The summed E-state index contributed by atoms with van der Waals surface area (Å²) in [7, 11) is 0. The fourth-order valence-electron chi connectivity index (χ4n) is 2.89. The lowest BCUT2D eigenvalue weighted by Crippen LogP contribution is -2.07. The molecule has 0 bridgehead atoms. The molecule has 4 aromatic rings. The Kier molecular flexibility index (Phi) is 6.36. The summed E-state index contributed by atoms with van der Waals surface area (Å²) in [6.07, 6.45) is -4.47. The van der Waals surface area contributed by atoms with Gasteiger partial charge in [-0.3, -0.25) is 5.10 Å². The molecule has 0 aliphatic heterocycles. The van der Waals surface area contributed by atoms with Gasteiger partial charge in [0.1, 0.15) is 5.82 Å². The van der Waals surface area contributed by atoms with E-state index in [0.29, 0.717) is 23.0 Å². The number of fused-ring (bicyclic) bond motifs is 1.